The van der Waals surface area contributed by atoms with Crippen LogP contribution in [-0.2, 0) is 6.54 Å². The van der Waals surface area contributed by atoms with Crippen molar-refractivity contribution in [2.24, 2.45) is 0 Å². The summed E-state index contributed by atoms with van der Waals surface area (Å²) in [6, 6.07) is 17.8. The summed E-state index contributed by atoms with van der Waals surface area (Å²) >= 11 is 0. The first-order chi connectivity index (χ1) is 15.5. The van der Waals surface area contributed by atoms with Crippen LogP contribution in [0.4, 0.5) is 15.9 Å². The Hall–Kier alpha value is -3.84. The maximum atomic E-state index is 13.9. The minimum absolute atomic E-state index is 0.0170. The summed E-state index contributed by atoms with van der Waals surface area (Å²) in [7, 11) is 1.93. The van der Waals surface area contributed by atoms with Crippen molar-refractivity contribution < 1.29 is 9.18 Å². The molecule has 32 heavy (non-hydrogen) atoms. The zero-order valence-electron chi connectivity index (χ0n) is 18.1. The predicted molar refractivity (Wildman–Crippen MR) is 128 cm³/mol. The molecule has 0 aliphatic rings. The first-order valence-corrected chi connectivity index (χ1v) is 10.3. The van der Waals surface area contributed by atoms with Crippen LogP contribution in [0.25, 0.3) is 22.2 Å². The van der Waals surface area contributed by atoms with E-state index in [1.54, 1.807) is 24.4 Å². The fraction of sp³-hybridized carbons (Fsp3) is 0.160. The first-order valence-electron chi connectivity index (χ1n) is 10.3. The summed E-state index contributed by atoms with van der Waals surface area (Å²) < 4.78 is 13.9. The van der Waals surface area contributed by atoms with E-state index >= 15 is 0 Å². The SMILES string of the molecule is CCNC.Nc1ccc(-c2ccc(C=O)c(F)c2)nc1NCc1ccc2ncccc2c1. The first kappa shape index (κ1) is 22.8. The van der Waals surface area contributed by atoms with Crippen molar-refractivity contribution >= 4 is 28.7 Å². The van der Waals surface area contributed by atoms with E-state index in [4.69, 9.17) is 5.73 Å². The number of hydrogen-bond donors (Lipinski definition) is 3. The molecule has 0 spiro atoms. The number of nitrogens with two attached hydrogens (primary N) is 1. The molecule has 4 aromatic rings. The van der Waals surface area contributed by atoms with Crippen LogP contribution in [0.1, 0.15) is 22.8 Å². The number of carbonyl (C=O) groups is 1. The van der Waals surface area contributed by atoms with Crippen LogP contribution >= 0.6 is 0 Å². The minimum Gasteiger partial charge on any atom is -0.396 e. The second kappa shape index (κ2) is 11.0. The molecule has 0 aliphatic heterocycles. The number of carbonyl (C=O) groups excluding carboxylic acids is 1. The highest BCUT2D eigenvalue weighted by molar-refractivity contribution is 5.79. The van der Waals surface area contributed by atoms with Crippen LogP contribution in [0.3, 0.4) is 0 Å². The van der Waals surface area contributed by atoms with Gasteiger partial charge < -0.3 is 16.4 Å². The van der Waals surface area contributed by atoms with E-state index in [1.165, 1.54) is 12.1 Å². The molecule has 0 bridgehead atoms. The molecule has 7 heteroatoms. The second-order valence-corrected chi connectivity index (χ2v) is 7.08. The number of aromatic nitrogens is 2. The number of anilines is 2. The quantitative estimate of drug-likeness (QED) is 0.384. The third-order valence-corrected chi connectivity index (χ3v) is 4.83. The highest BCUT2D eigenvalue weighted by atomic mass is 19.1. The maximum absolute atomic E-state index is 13.9. The molecular formula is C25H26FN5O. The third-order valence-electron chi connectivity index (χ3n) is 4.83. The lowest BCUT2D eigenvalue weighted by Crippen LogP contribution is -2.05. The Morgan fingerprint density at radius 3 is 2.62 bits per heavy atom. The molecule has 0 atom stereocenters. The summed E-state index contributed by atoms with van der Waals surface area (Å²) in [5, 5.41) is 7.22. The van der Waals surface area contributed by atoms with E-state index < -0.39 is 5.82 Å². The standard InChI is InChI=1S/C22H17FN4O.C3H9N/c23-18-11-16(4-5-17(18)13-28)21-8-6-19(24)22(27-21)26-12-14-3-7-20-15(10-14)2-1-9-25-20;1-3-4-2/h1-11,13H,12,24H2,(H,26,27);4H,3H2,1-2H3. The number of halogens is 1. The van der Waals surface area contributed by atoms with Gasteiger partial charge in [0.05, 0.1) is 22.5 Å². The Kier molecular flexibility index (Phi) is 7.83. The Morgan fingerprint density at radius 2 is 1.91 bits per heavy atom. The van der Waals surface area contributed by atoms with E-state index in [-0.39, 0.29) is 5.56 Å². The molecule has 6 nitrogen and oxygen atoms in total. The number of fused-ring (bicyclic) bond motifs is 1. The fourth-order valence-corrected chi connectivity index (χ4v) is 2.98. The van der Waals surface area contributed by atoms with Crippen LogP contribution in [0.2, 0.25) is 0 Å². The van der Waals surface area contributed by atoms with Crippen molar-refractivity contribution in [1.29, 1.82) is 0 Å². The van der Waals surface area contributed by atoms with Crippen LogP contribution in [-0.4, -0.2) is 29.8 Å². The molecular weight excluding hydrogens is 405 g/mol. The molecule has 2 aromatic carbocycles. The van der Waals surface area contributed by atoms with Gasteiger partial charge in [-0.2, -0.15) is 0 Å². The average molecular weight is 432 g/mol. The molecule has 2 aromatic heterocycles. The topological polar surface area (TPSA) is 92.9 Å². The second-order valence-electron chi connectivity index (χ2n) is 7.08. The van der Waals surface area contributed by atoms with Gasteiger partial charge >= 0.3 is 0 Å². The van der Waals surface area contributed by atoms with Crippen molar-refractivity contribution in [3.8, 4) is 11.3 Å². The molecule has 4 rings (SSSR count). The number of pyridine rings is 2. The van der Waals surface area contributed by atoms with Gasteiger partial charge in [0, 0.05) is 23.7 Å². The lowest BCUT2D eigenvalue weighted by molar-refractivity contribution is 0.112. The monoisotopic (exact) mass is 431 g/mol. The Bertz CT molecular complexity index is 1210. The molecule has 0 unspecified atom stereocenters. The molecule has 0 saturated heterocycles. The van der Waals surface area contributed by atoms with Crippen LogP contribution in [0, 0.1) is 5.82 Å². The molecule has 0 amide bonds. The maximum Gasteiger partial charge on any atom is 0.152 e. The van der Waals surface area contributed by atoms with E-state index in [2.05, 4.69) is 33.6 Å². The van der Waals surface area contributed by atoms with Gasteiger partial charge in [0.1, 0.15) is 11.6 Å². The Labute approximate surface area is 186 Å². The number of hydrogen-bond acceptors (Lipinski definition) is 6. The van der Waals surface area contributed by atoms with Gasteiger partial charge in [-0.1, -0.05) is 25.1 Å². The summed E-state index contributed by atoms with van der Waals surface area (Å²) in [6.45, 7) is 3.67. The van der Waals surface area contributed by atoms with Crippen LogP contribution in [0.15, 0.2) is 66.9 Å². The lowest BCUT2D eigenvalue weighted by Gasteiger charge is -2.11. The number of aldehydes is 1. The van der Waals surface area contributed by atoms with Crippen molar-refractivity contribution in [3.63, 3.8) is 0 Å². The zero-order valence-corrected chi connectivity index (χ0v) is 18.1. The van der Waals surface area contributed by atoms with Gasteiger partial charge in [-0.3, -0.25) is 9.78 Å². The zero-order chi connectivity index (χ0) is 22.9. The molecule has 2 heterocycles. The molecule has 4 N–H and O–H groups in total. The normalized spacial score (nSPS) is 10.3. The van der Waals surface area contributed by atoms with Gasteiger partial charge in [0.25, 0.3) is 0 Å². The Morgan fingerprint density at radius 1 is 1.09 bits per heavy atom. The van der Waals surface area contributed by atoms with Crippen molar-refractivity contribution in [2.75, 3.05) is 24.6 Å². The van der Waals surface area contributed by atoms with Crippen molar-refractivity contribution in [1.82, 2.24) is 15.3 Å². The molecule has 0 aliphatic carbocycles. The number of nitrogen functional groups attached to an aromatic ring is 1. The lowest BCUT2D eigenvalue weighted by atomic mass is 10.1. The van der Waals surface area contributed by atoms with Gasteiger partial charge in [-0.05, 0) is 61.6 Å². The molecule has 0 radical (unpaired) electrons. The molecule has 0 saturated carbocycles. The van der Waals surface area contributed by atoms with E-state index in [1.807, 2.05) is 31.3 Å². The number of nitrogens with zero attached hydrogens (tertiary/aromatic N) is 2. The van der Waals surface area contributed by atoms with Crippen LogP contribution in [0.5, 0.6) is 0 Å². The molecule has 164 valence electrons. The van der Waals surface area contributed by atoms with E-state index in [9.17, 15) is 9.18 Å². The molecule has 0 fully saturated rings. The van der Waals surface area contributed by atoms with E-state index in [0.29, 0.717) is 35.6 Å². The summed E-state index contributed by atoms with van der Waals surface area (Å²) in [6.07, 6.45) is 2.25. The van der Waals surface area contributed by atoms with Crippen LogP contribution < -0.4 is 16.4 Å². The highest BCUT2D eigenvalue weighted by Crippen LogP contribution is 2.25. The van der Waals surface area contributed by atoms with Crippen molar-refractivity contribution in [3.05, 3.63) is 83.8 Å². The number of nitrogens with one attached hydrogen (secondary N) is 2. The minimum atomic E-state index is -0.578. The van der Waals surface area contributed by atoms with Crippen molar-refractivity contribution in [2.45, 2.75) is 13.5 Å². The fourth-order valence-electron chi connectivity index (χ4n) is 2.98. The van der Waals surface area contributed by atoms with Gasteiger partial charge in [0.15, 0.2) is 6.29 Å². The number of rotatable bonds is 6. The largest absolute Gasteiger partial charge is 0.396 e. The number of benzene rings is 2. The van der Waals surface area contributed by atoms with Gasteiger partial charge in [0.2, 0.25) is 0 Å². The van der Waals surface area contributed by atoms with Gasteiger partial charge in [-0.25, -0.2) is 9.37 Å². The smallest absolute Gasteiger partial charge is 0.152 e. The Balaban J connectivity index is 0.000000668. The van der Waals surface area contributed by atoms with E-state index in [0.717, 1.165) is 23.0 Å². The summed E-state index contributed by atoms with van der Waals surface area (Å²) in [4.78, 5) is 19.6. The average Bonchev–Trinajstić information content (AvgIpc) is 2.83. The highest BCUT2D eigenvalue weighted by Gasteiger charge is 2.09. The summed E-state index contributed by atoms with van der Waals surface area (Å²) in [5.41, 5.74) is 9.69. The third kappa shape index (κ3) is 5.65. The summed E-state index contributed by atoms with van der Waals surface area (Å²) in [5.74, 6) is -0.0611. The predicted octanol–water partition coefficient (Wildman–Crippen LogP) is 4.67. The van der Waals surface area contributed by atoms with Gasteiger partial charge in [-0.15, -0.1) is 0 Å².